The van der Waals surface area contributed by atoms with Crippen molar-refractivity contribution >= 4 is 5.91 Å². The van der Waals surface area contributed by atoms with Crippen LogP contribution in [-0.2, 0) is 4.79 Å². The fourth-order valence-corrected chi connectivity index (χ4v) is 2.59. The van der Waals surface area contributed by atoms with Gasteiger partial charge in [-0.3, -0.25) is 9.78 Å². The van der Waals surface area contributed by atoms with Gasteiger partial charge < -0.3 is 19.1 Å². The molecular weight excluding hydrogens is 324 g/mol. The van der Waals surface area contributed by atoms with Crippen molar-refractivity contribution in [2.24, 2.45) is 0 Å². The van der Waals surface area contributed by atoms with E-state index in [4.69, 9.17) is 14.2 Å². The van der Waals surface area contributed by atoms with Crippen LogP contribution in [0.1, 0.15) is 12.8 Å². The average Bonchev–Trinajstić information content (AvgIpc) is 2.67. The monoisotopic (exact) mass is 344 g/mol. The van der Waals surface area contributed by atoms with E-state index in [0.29, 0.717) is 24.7 Å². The first-order valence-corrected chi connectivity index (χ1v) is 8.09. The molecule has 8 nitrogen and oxygen atoms in total. The Morgan fingerprint density at radius 3 is 3.08 bits per heavy atom. The zero-order valence-electron chi connectivity index (χ0n) is 14.0. The van der Waals surface area contributed by atoms with E-state index in [1.165, 1.54) is 7.11 Å². The van der Waals surface area contributed by atoms with Crippen molar-refractivity contribution in [3.05, 3.63) is 36.8 Å². The smallest absolute Gasteiger partial charge is 0.319 e. The van der Waals surface area contributed by atoms with Crippen LogP contribution >= 0.6 is 0 Å². The van der Waals surface area contributed by atoms with Crippen LogP contribution in [-0.4, -0.2) is 58.7 Å². The van der Waals surface area contributed by atoms with E-state index in [9.17, 15) is 4.79 Å². The number of hydrogen-bond donors (Lipinski definition) is 0. The number of carbonyl (C=O) groups excluding carboxylic acids is 1. The third kappa shape index (κ3) is 4.79. The molecule has 0 radical (unpaired) electrons. The molecule has 1 amide bonds. The minimum Gasteiger partial charge on any atom is -0.482 e. The molecular formula is C17H20N4O4. The Labute approximate surface area is 145 Å². The SMILES string of the molecule is COc1nccc(OC2CCCN(C(=O)COc3cccnc3)C2)n1. The van der Waals surface area contributed by atoms with Crippen molar-refractivity contribution in [1.29, 1.82) is 0 Å². The Morgan fingerprint density at radius 2 is 2.28 bits per heavy atom. The highest BCUT2D eigenvalue weighted by atomic mass is 16.5. The summed E-state index contributed by atoms with van der Waals surface area (Å²) in [6.07, 6.45) is 6.43. The Balaban J connectivity index is 1.52. The second-order valence-corrected chi connectivity index (χ2v) is 5.58. The fourth-order valence-electron chi connectivity index (χ4n) is 2.59. The first-order chi connectivity index (χ1) is 12.2. The predicted octanol–water partition coefficient (Wildman–Crippen LogP) is 1.33. The molecule has 132 valence electrons. The zero-order chi connectivity index (χ0) is 17.5. The molecule has 3 rings (SSSR count). The fraction of sp³-hybridized carbons (Fsp3) is 0.412. The number of nitrogens with zero attached hydrogens (tertiary/aromatic N) is 4. The topological polar surface area (TPSA) is 86.7 Å². The maximum atomic E-state index is 12.3. The summed E-state index contributed by atoms with van der Waals surface area (Å²) in [6.45, 7) is 1.18. The second-order valence-electron chi connectivity index (χ2n) is 5.58. The van der Waals surface area contributed by atoms with Crippen LogP contribution in [0.3, 0.4) is 0 Å². The van der Waals surface area contributed by atoms with Crippen molar-refractivity contribution in [3.8, 4) is 17.6 Å². The summed E-state index contributed by atoms with van der Waals surface area (Å²) >= 11 is 0. The van der Waals surface area contributed by atoms with E-state index in [1.807, 2.05) is 0 Å². The molecule has 0 aliphatic carbocycles. The third-order valence-electron chi connectivity index (χ3n) is 3.81. The summed E-state index contributed by atoms with van der Waals surface area (Å²) < 4.78 is 16.3. The van der Waals surface area contributed by atoms with Crippen LogP contribution in [0.4, 0.5) is 0 Å². The highest BCUT2D eigenvalue weighted by molar-refractivity contribution is 5.77. The van der Waals surface area contributed by atoms with Crippen molar-refractivity contribution < 1.29 is 19.0 Å². The van der Waals surface area contributed by atoms with Gasteiger partial charge in [0.15, 0.2) is 6.61 Å². The summed E-state index contributed by atoms with van der Waals surface area (Å²) in [4.78, 5) is 26.1. The van der Waals surface area contributed by atoms with Gasteiger partial charge in [0.25, 0.3) is 5.91 Å². The first-order valence-electron chi connectivity index (χ1n) is 8.09. The molecule has 2 aromatic rings. The molecule has 0 saturated carbocycles. The number of carbonyl (C=O) groups is 1. The molecule has 0 aromatic carbocycles. The van der Waals surface area contributed by atoms with E-state index < -0.39 is 0 Å². The number of ether oxygens (including phenoxy) is 3. The normalized spacial score (nSPS) is 17.0. The number of methoxy groups -OCH3 is 1. The van der Waals surface area contributed by atoms with Gasteiger partial charge in [0.1, 0.15) is 11.9 Å². The van der Waals surface area contributed by atoms with E-state index in [-0.39, 0.29) is 24.6 Å². The third-order valence-corrected chi connectivity index (χ3v) is 3.81. The Morgan fingerprint density at radius 1 is 1.36 bits per heavy atom. The van der Waals surface area contributed by atoms with Gasteiger partial charge >= 0.3 is 6.01 Å². The van der Waals surface area contributed by atoms with Crippen molar-refractivity contribution in [1.82, 2.24) is 19.9 Å². The summed E-state index contributed by atoms with van der Waals surface area (Å²) in [5, 5.41) is 0. The summed E-state index contributed by atoms with van der Waals surface area (Å²) in [6, 6.07) is 5.46. The number of likely N-dealkylation sites (tertiary alicyclic amines) is 1. The van der Waals surface area contributed by atoms with Gasteiger partial charge in [-0.25, -0.2) is 4.98 Å². The van der Waals surface area contributed by atoms with E-state index >= 15 is 0 Å². The molecule has 0 spiro atoms. The molecule has 1 saturated heterocycles. The largest absolute Gasteiger partial charge is 0.482 e. The van der Waals surface area contributed by atoms with Gasteiger partial charge in [-0.15, -0.1) is 0 Å². The number of aromatic nitrogens is 3. The number of rotatable bonds is 6. The molecule has 1 aliphatic rings. The maximum absolute atomic E-state index is 12.3. The van der Waals surface area contributed by atoms with Gasteiger partial charge in [0.2, 0.25) is 5.88 Å². The highest BCUT2D eigenvalue weighted by Gasteiger charge is 2.25. The lowest BCUT2D eigenvalue weighted by molar-refractivity contribution is -0.136. The van der Waals surface area contributed by atoms with Gasteiger partial charge in [0.05, 0.1) is 19.9 Å². The molecule has 1 atom stereocenters. The molecule has 0 bridgehead atoms. The van der Waals surface area contributed by atoms with E-state index in [0.717, 1.165) is 12.8 Å². The molecule has 2 aromatic heterocycles. The molecule has 8 heteroatoms. The van der Waals surface area contributed by atoms with Gasteiger partial charge in [-0.2, -0.15) is 4.98 Å². The molecule has 1 fully saturated rings. The van der Waals surface area contributed by atoms with Crippen molar-refractivity contribution in [2.75, 3.05) is 26.8 Å². The summed E-state index contributed by atoms with van der Waals surface area (Å²) in [7, 11) is 1.50. The first kappa shape index (κ1) is 16.9. The second kappa shape index (κ2) is 8.27. The van der Waals surface area contributed by atoms with Crippen LogP contribution in [0.2, 0.25) is 0 Å². The Kier molecular flexibility index (Phi) is 5.61. The van der Waals surface area contributed by atoms with E-state index in [2.05, 4.69) is 15.0 Å². The average molecular weight is 344 g/mol. The van der Waals surface area contributed by atoms with Crippen LogP contribution in [0.15, 0.2) is 36.8 Å². The van der Waals surface area contributed by atoms with Crippen LogP contribution in [0, 0.1) is 0 Å². The lowest BCUT2D eigenvalue weighted by Gasteiger charge is -2.32. The van der Waals surface area contributed by atoms with Crippen LogP contribution in [0.25, 0.3) is 0 Å². The lowest BCUT2D eigenvalue weighted by Crippen LogP contribution is -2.46. The molecule has 1 unspecified atom stereocenters. The standard InChI is InChI=1S/C17H20N4O4/c1-23-17-19-8-6-15(20-17)25-14-5-3-9-21(11-14)16(22)12-24-13-4-2-7-18-10-13/h2,4,6-8,10,14H,3,5,9,11-12H2,1H3. The maximum Gasteiger partial charge on any atom is 0.319 e. The van der Waals surface area contributed by atoms with Crippen molar-refractivity contribution in [2.45, 2.75) is 18.9 Å². The molecule has 1 aliphatic heterocycles. The van der Waals surface area contributed by atoms with Crippen LogP contribution in [0.5, 0.6) is 17.6 Å². The van der Waals surface area contributed by atoms with Gasteiger partial charge in [-0.05, 0) is 25.0 Å². The van der Waals surface area contributed by atoms with Gasteiger partial charge in [-0.1, -0.05) is 0 Å². The minimum atomic E-state index is -0.115. The Bertz CT molecular complexity index is 698. The minimum absolute atomic E-state index is 0.0141. The lowest BCUT2D eigenvalue weighted by atomic mass is 10.1. The number of amides is 1. The quantitative estimate of drug-likeness (QED) is 0.781. The summed E-state index contributed by atoms with van der Waals surface area (Å²) in [5.41, 5.74) is 0. The number of hydrogen-bond acceptors (Lipinski definition) is 7. The highest BCUT2D eigenvalue weighted by Crippen LogP contribution is 2.18. The number of pyridine rings is 1. The van der Waals surface area contributed by atoms with Crippen LogP contribution < -0.4 is 14.2 Å². The summed E-state index contributed by atoms with van der Waals surface area (Å²) in [5.74, 6) is 0.948. The molecule has 25 heavy (non-hydrogen) atoms. The molecule has 0 N–H and O–H groups in total. The van der Waals surface area contributed by atoms with Crippen molar-refractivity contribution in [3.63, 3.8) is 0 Å². The van der Waals surface area contributed by atoms with Gasteiger partial charge in [0, 0.05) is 25.0 Å². The number of piperidine rings is 1. The predicted molar refractivity (Wildman–Crippen MR) is 88.5 cm³/mol. The molecule has 3 heterocycles. The van der Waals surface area contributed by atoms with E-state index in [1.54, 1.807) is 41.7 Å². The Hall–Kier alpha value is -2.90. The zero-order valence-corrected chi connectivity index (χ0v) is 14.0.